The molecular formula is C55H48F2N6. The fourth-order valence-electron chi connectivity index (χ4n) is 8.89. The smallest absolute Gasteiger partial charge is 0.298 e. The summed E-state index contributed by atoms with van der Waals surface area (Å²) in [5.74, 6) is -2.66. The van der Waals surface area contributed by atoms with Gasteiger partial charge in [0.15, 0.2) is 0 Å². The highest BCUT2D eigenvalue weighted by Gasteiger charge is 2.38. The largest absolute Gasteiger partial charge is 0.321 e. The predicted molar refractivity (Wildman–Crippen MR) is 254 cm³/mol. The molecule has 9 aromatic rings. The Labute approximate surface area is 367 Å². The lowest BCUT2D eigenvalue weighted by molar-refractivity contribution is 0.0428. The average molecular weight is 831 g/mol. The van der Waals surface area contributed by atoms with Crippen LogP contribution in [0, 0.1) is 0 Å². The lowest BCUT2D eigenvalue weighted by Gasteiger charge is -2.29. The number of hydrogen-bond acceptors (Lipinski definition) is 5. The van der Waals surface area contributed by atoms with E-state index < -0.39 is 11.3 Å². The highest BCUT2D eigenvalue weighted by Crippen LogP contribution is 2.51. The number of fused-ring (bicyclic) bond motifs is 4. The van der Waals surface area contributed by atoms with Gasteiger partial charge in [-0.25, -0.2) is 4.98 Å². The standard InChI is InChI=1S/C55H48F2N6/c1-53(2,3)36-26-29-60-51(34-36)63-47-21-8-7-16-41(47)42-25-24-37(33-50(42)63)55(56,57)39-30-38(54(4,5)6)31-40(32-39)61-35-62(49-23-10-9-22-48(49)61)52-43(45-19-11-13-27-58-45)17-15-18-44(52)46-20-12-14-28-59-46/h7-34H,35H2,1-6H3. The SMILES string of the molecule is CC(C)(C)c1cc(N2CN(c3c(-c4ccccn4)cccc3-c3ccccn3)c3ccccc32)cc(C(F)(F)c2ccc3c4ccccc4n(-c4cc(C(C)(C)C)ccn4)c3c2)c1. The van der Waals surface area contributed by atoms with Crippen LogP contribution in [0.25, 0.3) is 50.1 Å². The summed E-state index contributed by atoms with van der Waals surface area (Å²) in [5, 5.41) is 1.87. The number of halogens is 2. The number of para-hydroxylation sites is 4. The Morgan fingerprint density at radius 3 is 1.71 bits per heavy atom. The van der Waals surface area contributed by atoms with E-state index in [1.807, 2.05) is 102 Å². The number of hydrogen-bond donors (Lipinski definition) is 0. The topological polar surface area (TPSA) is 50.1 Å². The number of anilines is 4. The van der Waals surface area contributed by atoms with Crippen LogP contribution >= 0.6 is 0 Å². The van der Waals surface area contributed by atoms with Crippen LogP contribution in [-0.2, 0) is 16.8 Å². The minimum atomic E-state index is -3.36. The van der Waals surface area contributed by atoms with Crippen molar-refractivity contribution in [2.24, 2.45) is 0 Å². The molecule has 5 heterocycles. The molecule has 0 atom stereocenters. The summed E-state index contributed by atoms with van der Waals surface area (Å²) in [4.78, 5) is 18.8. The first-order valence-corrected chi connectivity index (χ1v) is 21.4. The Hall–Kier alpha value is -7.19. The Morgan fingerprint density at radius 2 is 1.06 bits per heavy atom. The molecule has 0 bridgehead atoms. The van der Waals surface area contributed by atoms with Crippen molar-refractivity contribution in [2.75, 3.05) is 16.5 Å². The van der Waals surface area contributed by atoms with E-state index in [2.05, 4.69) is 87.7 Å². The van der Waals surface area contributed by atoms with Gasteiger partial charge in [0.05, 0.1) is 39.5 Å². The zero-order chi connectivity index (χ0) is 43.7. The van der Waals surface area contributed by atoms with E-state index in [1.54, 1.807) is 36.7 Å². The molecule has 0 unspecified atom stereocenters. The first-order valence-electron chi connectivity index (χ1n) is 21.4. The van der Waals surface area contributed by atoms with Gasteiger partial charge in [-0.15, -0.1) is 0 Å². The highest BCUT2D eigenvalue weighted by atomic mass is 19.3. The second-order valence-electron chi connectivity index (χ2n) is 18.4. The third-order valence-corrected chi connectivity index (χ3v) is 12.3. The van der Waals surface area contributed by atoms with Crippen molar-refractivity contribution < 1.29 is 8.78 Å². The van der Waals surface area contributed by atoms with Gasteiger partial charge >= 0.3 is 0 Å². The van der Waals surface area contributed by atoms with Crippen LogP contribution in [0.5, 0.6) is 0 Å². The third-order valence-electron chi connectivity index (χ3n) is 12.3. The van der Waals surface area contributed by atoms with Gasteiger partial charge in [-0.05, 0) is 101 Å². The molecule has 0 saturated carbocycles. The fraction of sp³-hybridized carbons (Fsp3) is 0.182. The monoisotopic (exact) mass is 830 g/mol. The molecule has 0 radical (unpaired) electrons. The van der Waals surface area contributed by atoms with Gasteiger partial charge < -0.3 is 9.80 Å². The van der Waals surface area contributed by atoms with Crippen molar-refractivity contribution >= 4 is 44.6 Å². The molecule has 10 rings (SSSR count). The van der Waals surface area contributed by atoms with Crippen LogP contribution in [0.15, 0.2) is 170 Å². The molecule has 0 aliphatic carbocycles. The van der Waals surface area contributed by atoms with E-state index in [0.29, 0.717) is 23.7 Å². The van der Waals surface area contributed by atoms with Gasteiger partial charge in [0.1, 0.15) is 12.5 Å². The predicted octanol–water partition coefficient (Wildman–Crippen LogP) is 14.3. The molecule has 4 aromatic heterocycles. The van der Waals surface area contributed by atoms with Crippen LogP contribution in [0.2, 0.25) is 0 Å². The van der Waals surface area contributed by atoms with Gasteiger partial charge in [-0.1, -0.05) is 114 Å². The summed E-state index contributed by atoms with van der Waals surface area (Å²) in [7, 11) is 0. The summed E-state index contributed by atoms with van der Waals surface area (Å²) in [6.07, 6.45) is 5.41. The van der Waals surface area contributed by atoms with E-state index in [4.69, 9.17) is 15.0 Å². The Kier molecular flexibility index (Phi) is 9.51. The zero-order valence-corrected chi connectivity index (χ0v) is 36.3. The summed E-state index contributed by atoms with van der Waals surface area (Å²) >= 11 is 0. The van der Waals surface area contributed by atoms with Gasteiger partial charge in [0.25, 0.3) is 5.92 Å². The normalized spacial score (nSPS) is 13.3. The number of benzene rings is 5. The molecule has 0 N–H and O–H groups in total. The summed E-state index contributed by atoms with van der Waals surface area (Å²) < 4.78 is 37.4. The summed E-state index contributed by atoms with van der Waals surface area (Å²) in [6.45, 7) is 13.1. The van der Waals surface area contributed by atoms with E-state index in [-0.39, 0.29) is 16.5 Å². The van der Waals surface area contributed by atoms with Gasteiger partial charge in [0.2, 0.25) is 0 Å². The molecule has 6 nitrogen and oxygen atoms in total. The van der Waals surface area contributed by atoms with E-state index >= 15 is 8.78 Å². The molecule has 312 valence electrons. The Bertz CT molecular complexity index is 3100. The van der Waals surface area contributed by atoms with Crippen molar-refractivity contribution in [2.45, 2.75) is 58.3 Å². The number of rotatable bonds is 7. The molecule has 63 heavy (non-hydrogen) atoms. The maximum Gasteiger partial charge on any atom is 0.298 e. The van der Waals surface area contributed by atoms with Gasteiger partial charge in [-0.3, -0.25) is 14.5 Å². The van der Waals surface area contributed by atoms with Crippen LogP contribution in [0.1, 0.15) is 63.8 Å². The van der Waals surface area contributed by atoms with Gasteiger partial charge in [0, 0.05) is 57.3 Å². The minimum Gasteiger partial charge on any atom is -0.321 e. The van der Waals surface area contributed by atoms with E-state index in [1.165, 1.54) is 0 Å². The average Bonchev–Trinajstić information content (AvgIpc) is 3.85. The molecule has 0 fully saturated rings. The first-order chi connectivity index (χ1) is 30.3. The number of alkyl halides is 2. The molecule has 1 aliphatic rings. The lowest BCUT2D eigenvalue weighted by atomic mass is 9.84. The van der Waals surface area contributed by atoms with Crippen molar-refractivity contribution in [1.82, 2.24) is 19.5 Å². The number of nitrogens with zero attached hydrogens (tertiary/aromatic N) is 6. The summed E-state index contributed by atoms with van der Waals surface area (Å²) in [6, 6.07) is 48.9. The Morgan fingerprint density at radius 1 is 0.460 bits per heavy atom. The molecular weight excluding hydrogens is 783 g/mol. The maximum absolute atomic E-state index is 17.7. The van der Waals surface area contributed by atoms with Crippen LogP contribution in [0.3, 0.4) is 0 Å². The van der Waals surface area contributed by atoms with Crippen LogP contribution in [-0.4, -0.2) is 26.2 Å². The van der Waals surface area contributed by atoms with E-state index in [9.17, 15) is 0 Å². The van der Waals surface area contributed by atoms with Crippen molar-refractivity contribution in [1.29, 1.82) is 0 Å². The van der Waals surface area contributed by atoms with Crippen molar-refractivity contribution in [3.05, 3.63) is 193 Å². The molecule has 0 amide bonds. The molecule has 8 heteroatoms. The Balaban J connectivity index is 1.12. The second-order valence-corrected chi connectivity index (χ2v) is 18.4. The molecule has 0 saturated heterocycles. The fourth-order valence-corrected chi connectivity index (χ4v) is 8.89. The zero-order valence-electron chi connectivity index (χ0n) is 36.3. The molecule has 1 aliphatic heterocycles. The number of pyridine rings is 3. The highest BCUT2D eigenvalue weighted by molar-refractivity contribution is 6.09. The maximum atomic E-state index is 17.7. The first kappa shape index (κ1) is 39.9. The second kappa shape index (κ2) is 15.0. The van der Waals surface area contributed by atoms with Gasteiger partial charge in [-0.2, -0.15) is 8.78 Å². The minimum absolute atomic E-state index is 0.0706. The van der Waals surface area contributed by atoms with Crippen LogP contribution in [0.4, 0.5) is 31.5 Å². The molecule has 0 spiro atoms. The lowest BCUT2D eigenvalue weighted by Crippen LogP contribution is -2.26. The quantitative estimate of drug-likeness (QED) is 0.160. The van der Waals surface area contributed by atoms with E-state index in [0.717, 1.165) is 67.0 Å². The summed E-state index contributed by atoms with van der Waals surface area (Å²) in [5.41, 5.74) is 9.83. The van der Waals surface area contributed by atoms with Crippen LogP contribution < -0.4 is 9.80 Å². The van der Waals surface area contributed by atoms with Crippen molar-refractivity contribution in [3.8, 4) is 28.3 Å². The third kappa shape index (κ3) is 7.00. The molecule has 5 aromatic carbocycles. The van der Waals surface area contributed by atoms with Crippen molar-refractivity contribution in [3.63, 3.8) is 0 Å². The number of aromatic nitrogens is 4.